The molecule has 0 saturated carbocycles. The van der Waals surface area contributed by atoms with E-state index in [1.54, 1.807) is 0 Å². The van der Waals surface area contributed by atoms with Gasteiger partial charge < -0.3 is 20.3 Å². The minimum atomic E-state index is -0.338. The molecule has 0 aromatic heterocycles. The Morgan fingerprint density at radius 2 is 2.36 bits per heavy atom. The molecule has 1 atom stereocenters. The zero-order chi connectivity index (χ0) is 7.84. The summed E-state index contributed by atoms with van der Waals surface area (Å²) in [6.07, 6.45) is 2.04. The number of aliphatic hydroxyl groups excluding tert-OH is 1. The van der Waals surface area contributed by atoms with E-state index in [0.29, 0.717) is 12.2 Å². The Hall–Kier alpha value is -1.16. The molecule has 1 heterocycles. The molecule has 0 fully saturated rings. The molecule has 0 radical (unpaired) electrons. The fraction of sp³-hybridized carbons (Fsp3) is 0.429. The van der Waals surface area contributed by atoms with Crippen LogP contribution in [-0.4, -0.2) is 17.9 Å². The smallest absolute Gasteiger partial charge is 0.230 e. The summed E-state index contributed by atoms with van der Waals surface area (Å²) in [4.78, 5) is 0. The Kier molecular flexibility index (Phi) is 1.29. The summed E-state index contributed by atoms with van der Waals surface area (Å²) in [6.45, 7) is 0.237. The molecule has 1 aliphatic heterocycles. The van der Waals surface area contributed by atoms with Gasteiger partial charge in [0.15, 0.2) is 5.76 Å². The van der Waals surface area contributed by atoms with Gasteiger partial charge in [-0.05, 0) is 0 Å². The number of ether oxygens (including phenoxy) is 2. The second-order valence-electron chi connectivity index (χ2n) is 2.57. The van der Waals surface area contributed by atoms with Crippen molar-refractivity contribution in [3.8, 4) is 0 Å². The van der Waals surface area contributed by atoms with Crippen molar-refractivity contribution in [1.29, 1.82) is 0 Å². The van der Waals surface area contributed by atoms with Gasteiger partial charge in [0, 0.05) is 12.5 Å². The number of hydrogen-bond donors (Lipinski definition) is 2. The second kappa shape index (κ2) is 2.17. The second-order valence-corrected chi connectivity index (χ2v) is 2.57. The molecular weight excluding hydrogens is 146 g/mol. The van der Waals surface area contributed by atoms with E-state index in [9.17, 15) is 5.11 Å². The molecule has 1 unspecified atom stereocenters. The maximum atomic E-state index is 9.19. The van der Waals surface area contributed by atoms with Crippen molar-refractivity contribution in [2.45, 2.75) is 12.5 Å². The maximum absolute atomic E-state index is 9.19. The van der Waals surface area contributed by atoms with Crippen LogP contribution in [0.15, 0.2) is 23.4 Å². The van der Waals surface area contributed by atoms with Crippen molar-refractivity contribution in [1.82, 2.24) is 0 Å². The van der Waals surface area contributed by atoms with Crippen LogP contribution in [0.25, 0.3) is 0 Å². The first-order valence-corrected chi connectivity index (χ1v) is 3.42. The first kappa shape index (κ1) is 6.54. The van der Waals surface area contributed by atoms with Crippen molar-refractivity contribution in [3.63, 3.8) is 0 Å². The molecule has 3 N–H and O–H groups in total. The Labute approximate surface area is 63.9 Å². The van der Waals surface area contributed by atoms with Crippen LogP contribution in [0.5, 0.6) is 0 Å². The van der Waals surface area contributed by atoms with E-state index >= 15 is 0 Å². The zero-order valence-electron chi connectivity index (χ0n) is 5.91. The van der Waals surface area contributed by atoms with Crippen LogP contribution in [0.1, 0.15) is 6.42 Å². The molecule has 0 bridgehead atoms. The predicted octanol–water partition coefficient (Wildman–Crippen LogP) is 0.375. The molecule has 0 aromatic carbocycles. The monoisotopic (exact) mass is 155 g/mol. The minimum Gasteiger partial charge on any atom is -0.511 e. The van der Waals surface area contributed by atoms with Gasteiger partial charge in [0.05, 0.1) is 6.04 Å². The van der Waals surface area contributed by atoms with Crippen LogP contribution in [0, 0.1) is 0 Å². The van der Waals surface area contributed by atoms with Crippen LogP contribution in [-0.2, 0) is 9.47 Å². The average molecular weight is 155 g/mol. The van der Waals surface area contributed by atoms with Gasteiger partial charge in [-0.15, -0.1) is 0 Å². The minimum absolute atomic E-state index is 0.161. The van der Waals surface area contributed by atoms with Gasteiger partial charge in [-0.1, -0.05) is 0 Å². The van der Waals surface area contributed by atoms with E-state index in [2.05, 4.69) is 0 Å². The first-order valence-electron chi connectivity index (χ1n) is 3.42. The Morgan fingerprint density at radius 1 is 1.55 bits per heavy atom. The maximum Gasteiger partial charge on any atom is 0.230 e. The number of aliphatic hydroxyl groups is 1. The van der Waals surface area contributed by atoms with Gasteiger partial charge in [-0.3, -0.25) is 0 Å². The molecule has 4 nitrogen and oxygen atoms in total. The van der Waals surface area contributed by atoms with Gasteiger partial charge in [-0.25, -0.2) is 0 Å². The Balaban J connectivity index is 2.29. The molecule has 0 saturated heterocycles. The first-order chi connectivity index (χ1) is 5.27. The van der Waals surface area contributed by atoms with Crippen LogP contribution in [0.4, 0.5) is 0 Å². The summed E-state index contributed by atoms with van der Waals surface area (Å²) in [5, 5.41) is 9.19. The third-order valence-electron chi connectivity index (χ3n) is 1.79. The number of allylic oxidation sites excluding steroid dienone is 1. The molecule has 11 heavy (non-hydrogen) atoms. The molecule has 0 amide bonds. The zero-order valence-corrected chi connectivity index (χ0v) is 5.91. The SMILES string of the molecule is NC1CC2=C(C=C1O)OCO2. The lowest BCUT2D eigenvalue weighted by Gasteiger charge is -2.14. The molecule has 0 spiro atoms. The lowest BCUT2D eigenvalue weighted by Crippen LogP contribution is -2.25. The summed E-state index contributed by atoms with van der Waals surface area (Å²) in [5.74, 6) is 1.52. The molecule has 60 valence electrons. The van der Waals surface area contributed by atoms with E-state index in [1.165, 1.54) is 6.08 Å². The largest absolute Gasteiger partial charge is 0.511 e. The van der Waals surface area contributed by atoms with Crippen LogP contribution >= 0.6 is 0 Å². The van der Waals surface area contributed by atoms with E-state index in [1.807, 2.05) is 0 Å². The third-order valence-corrected chi connectivity index (χ3v) is 1.79. The highest BCUT2D eigenvalue weighted by Gasteiger charge is 2.25. The molecule has 2 aliphatic rings. The van der Waals surface area contributed by atoms with Gasteiger partial charge in [0.25, 0.3) is 0 Å². The lowest BCUT2D eigenvalue weighted by atomic mass is 10.1. The summed E-state index contributed by atoms with van der Waals surface area (Å²) < 4.78 is 10.1. The highest BCUT2D eigenvalue weighted by atomic mass is 16.7. The van der Waals surface area contributed by atoms with Crippen molar-refractivity contribution < 1.29 is 14.6 Å². The summed E-state index contributed by atoms with van der Waals surface area (Å²) in [5.41, 5.74) is 5.55. The van der Waals surface area contributed by atoms with Crippen LogP contribution in [0.2, 0.25) is 0 Å². The molecule has 1 aliphatic carbocycles. The fourth-order valence-electron chi connectivity index (χ4n) is 1.14. The molecule has 0 aromatic rings. The normalized spacial score (nSPS) is 28.8. The van der Waals surface area contributed by atoms with E-state index < -0.39 is 0 Å². The third kappa shape index (κ3) is 0.952. The standard InChI is InChI=1S/C7H9NO3/c8-4-1-6-7(2-5(4)9)11-3-10-6/h2,4,9H,1,3,8H2. The van der Waals surface area contributed by atoms with Gasteiger partial charge in [-0.2, -0.15) is 0 Å². The van der Waals surface area contributed by atoms with Crippen molar-refractivity contribution >= 4 is 0 Å². The van der Waals surface area contributed by atoms with Crippen molar-refractivity contribution in [2.24, 2.45) is 5.73 Å². The number of rotatable bonds is 0. The van der Waals surface area contributed by atoms with Crippen molar-refractivity contribution in [2.75, 3.05) is 6.79 Å². The highest BCUT2D eigenvalue weighted by Crippen LogP contribution is 2.27. The van der Waals surface area contributed by atoms with Gasteiger partial charge in [0.1, 0.15) is 11.5 Å². The van der Waals surface area contributed by atoms with Gasteiger partial charge >= 0.3 is 0 Å². The quantitative estimate of drug-likeness (QED) is 0.530. The highest BCUT2D eigenvalue weighted by molar-refractivity contribution is 5.28. The molecule has 2 rings (SSSR count). The Morgan fingerprint density at radius 3 is 3.18 bits per heavy atom. The van der Waals surface area contributed by atoms with Crippen molar-refractivity contribution in [3.05, 3.63) is 23.4 Å². The fourth-order valence-corrected chi connectivity index (χ4v) is 1.14. The summed E-state index contributed by atoms with van der Waals surface area (Å²) in [7, 11) is 0. The number of nitrogens with two attached hydrogens (primary N) is 1. The van der Waals surface area contributed by atoms with E-state index in [-0.39, 0.29) is 18.6 Å². The lowest BCUT2D eigenvalue weighted by molar-refractivity contribution is 0.0725. The average Bonchev–Trinajstić information content (AvgIpc) is 2.36. The topological polar surface area (TPSA) is 64.7 Å². The van der Waals surface area contributed by atoms with Gasteiger partial charge in [0.2, 0.25) is 6.79 Å². The summed E-state index contributed by atoms with van der Waals surface area (Å²) in [6, 6.07) is -0.338. The molecular formula is C7H9NO3. The van der Waals surface area contributed by atoms with E-state index in [0.717, 1.165) is 5.76 Å². The van der Waals surface area contributed by atoms with E-state index in [4.69, 9.17) is 15.2 Å². The predicted molar refractivity (Wildman–Crippen MR) is 37.4 cm³/mol. The summed E-state index contributed by atoms with van der Waals surface area (Å²) >= 11 is 0. The van der Waals surface area contributed by atoms with Crippen LogP contribution in [0.3, 0.4) is 0 Å². The Bertz CT molecular complexity index is 244. The van der Waals surface area contributed by atoms with Crippen LogP contribution < -0.4 is 5.73 Å². The molecule has 4 heteroatoms. The number of hydrogen-bond acceptors (Lipinski definition) is 4.